The standard InChI is InChI=1S/C14H15ClN2O2S/c1-3-17(4-2)13(18)8-12-14(19)16-10-7-9(15)5-6-11(10)20-12/h5-8H,3-4H2,1-2H3,(H,16,19)/b12-8+. The van der Waals surface area contributed by atoms with Gasteiger partial charge in [-0.3, -0.25) is 9.59 Å². The van der Waals surface area contributed by atoms with Crippen LogP contribution < -0.4 is 5.32 Å². The number of rotatable bonds is 3. The average Bonchev–Trinajstić information content (AvgIpc) is 2.41. The van der Waals surface area contributed by atoms with Gasteiger partial charge in [-0.05, 0) is 32.0 Å². The number of anilines is 1. The van der Waals surface area contributed by atoms with Gasteiger partial charge in [0.05, 0.1) is 10.6 Å². The molecule has 0 saturated heterocycles. The summed E-state index contributed by atoms with van der Waals surface area (Å²) >= 11 is 7.17. The van der Waals surface area contributed by atoms with Gasteiger partial charge in [0.15, 0.2) is 0 Å². The van der Waals surface area contributed by atoms with Crippen molar-refractivity contribution in [3.05, 3.63) is 34.2 Å². The molecule has 106 valence electrons. The molecule has 0 aliphatic carbocycles. The normalized spacial score (nSPS) is 15.8. The number of fused-ring (bicyclic) bond motifs is 1. The summed E-state index contributed by atoms with van der Waals surface area (Å²) in [7, 11) is 0. The SMILES string of the molecule is CCN(CC)C(=O)/C=C1/Sc2ccc(Cl)cc2NC1=O. The summed E-state index contributed by atoms with van der Waals surface area (Å²) in [5, 5.41) is 3.31. The first-order chi connectivity index (χ1) is 9.55. The Hall–Kier alpha value is -1.46. The lowest BCUT2D eigenvalue weighted by Gasteiger charge is -2.20. The van der Waals surface area contributed by atoms with Crippen LogP contribution in [0, 0.1) is 0 Å². The van der Waals surface area contributed by atoms with Crippen molar-refractivity contribution in [1.29, 1.82) is 0 Å². The van der Waals surface area contributed by atoms with E-state index >= 15 is 0 Å². The molecule has 1 aromatic carbocycles. The summed E-state index contributed by atoms with van der Waals surface area (Å²) in [6.45, 7) is 5.06. The van der Waals surface area contributed by atoms with Gasteiger partial charge >= 0.3 is 0 Å². The zero-order valence-electron chi connectivity index (χ0n) is 11.3. The Morgan fingerprint density at radius 3 is 2.75 bits per heavy atom. The van der Waals surface area contributed by atoms with E-state index in [1.807, 2.05) is 19.9 Å². The molecule has 0 saturated carbocycles. The third kappa shape index (κ3) is 3.16. The molecule has 0 aromatic heterocycles. The highest BCUT2D eigenvalue weighted by Gasteiger charge is 2.22. The number of nitrogens with zero attached hydrogens (tertiary/aromatic N) is 1. The number of nitrogens with one attached hydrogen (secondary N) is 1. The monoisotopic (exact) mass is 310 g/mol. The van der Waals surface area contributed by atoms with Gasteiger partial charge in [-0.1, -0.05) is 23.4 Å². The molecule has 20 heavy (non-hydrogen) atoms. The Morgan fingerprint density at radius 1 is 1.40 bits per heavy atom. The molecule has 2 amide bonds. The van der Waals surface area contributed by atoms with Crippen LogP contribution in [-0.2, 0) is 9.59 Å². The molecule has 0 unspecified atom stereocenters. The summed E-state index contributed by atoms with van der Waals surface area (Å²) in [5.41, 5.74) is 0.680. The summed E-state index contributed by atoms with van der Waals surface area (Å²) < 4.78 is 0. The Morgan fingerprint density at radius 2 is 2.10 bits per heavy atom. The van der Waals surface area contributed by atoms with Crippen molar-refractivity contribution in [1.82, 2.24) is 4.90 Å². The molecule has 0 radical (unpaired) electrons. The maximum Gasteiger partial charge on any atom is 0.262 e. The lowest BCUT2D eigenvalue weighted by Crippen LogP contribution is -2.30. The van der Waals surface area contributed by atoms with E-state index in [4.69, 9.17) is 11.6 Å². The predicted molar refractivity (Wildman–Crippen MR) is 81.9 cm³/mol. The second-order valence-corrected chi connectivity index (χ2v) is 5.74. The summed E-state index contributed by atoms with van der Waals surface area (Å²) in [5.74, 6) is -0.421. The van der Waals surface area contributed by atoms with Crippen LogP contribution in [-0.4, -0.2) is 29.8 Å². The summed E-state index contributed by atoms with van der Waals surface area (Å²) in [6, 6.07) is 5.29. The second-order valence-electron chi connectivity index (χ2n) is 4.22. The molecule has 4 nitrogen and oxygen atoms in total. The average molecular weight is 311 g/mol. The zero-order chi connectivity index (χ0) is 14.7. The van der Waals surface area contributed by atoms with Crippen LogP contribution in [0.15, 0.2) is 34.1 Å². The molecule has 1 N–H and O–H groups in total. The van der Waals surface area contributed by atoms with E-state index in [-0.39, 0.29) is 11.8 Å². The highest BCUT2D eigenvalue weighted by molar-refractivity contribution is 8.04. The number of hydrogen-bond donors (Lipinski definition) is 1. The maximum atomic E-state index is 12.0. The van der Waals surface area contributed by atoms with Crippen molar-refractivity contribution in [3.8, 4) is 0 Å². The minimum Gasteiger partial charge on any atom is -0.340 e. The van der Waals surface area contributed by atoms with Gasteiger partial charge < -0.3 is 10.2 Å². The molecule has 0 spiro atoms. The van der Waals surface area contributed by atoms with E-state index in [9.17, 15) is 9.59 Å². The van der Waals surface area contributed by atoms with E-state index in [1.165, 1.54) is 17.8 Å². The Labute approximate surface area is 127 Å². The molecule has 1 heterocycles. The lowest BCUT2D eigenvalue weighted by molar-refractivity contribution is -0.126. The fourth-order valence-corrected chi connectivity index (χ4v) is 2.94. The van der Waals surface area contributed by atoms with Crippen molar-refractivity contribution < 1.29 is 9.59 Å². The molecule has 6 heteroatoms. The number of thioether (sulfide) groups is 1. The number of carbonyl (C=O) groups excluding carboxylic acids is 2. The van der Waals surface area contributed by atoms with Crippen molar-refractivity contribution in [2.75, 3.05) is 18.4 Å². The van der Waals surface area contributed by atoms with Gasteiger partial charge in [-0.2, -0.15) is 0 Å². The minimum absolute atomic E-state index is 0.148. The zero-order valence-corrected chi connectivity index (χ0v) is 12.8. The van der Waals surface area contributed by atoms with Gasteiger partial charge in [-0.25, -0.2) is 0 Å². The first-order valence-corrected chi connectivity index (χ1v) is 7.54. The van der Waals surface area contributed by atoms with E-state index in [1.54, 1.807) is 17.0 Å². The Bertz CT molecular complexity index is 583. The van der Waals surface area contributed by atoms with Crippen molar-refractivity contribution in [2.24, 2.45) is 0 Å². The number of amides is 2. The quantitative estimate of drug-likeness (QED) is 0.873. The first kappa shape index (κ1) is 14.9. The minimum atomic E-state index is -0.273. The number of halogens is 1. The van der Waals surface area contributed by atoms with Crippen LogP contribution in [0.2, 0.25) is 5.02 Å². The van der Waals surface area contributed by atoms with E-state index in [0.717, 1.165) is 4.90 Å². The summed E-state index contributed by atoms with van der Waals surface area (Å²) in [4.78, 5) is 27.0. The van der Waals surface area contributed by atoms with Crippen LogP contribution in [0.1, 0.15) is 13.8 Å². The van der Waals surface area contributed by atoms with Gasteiger partial charge in [0.1, 0.15) is 0 Å². The Balaban J connectivity index is 2.25. The second kappa shape index (κ2) is 6.33. The molecule has 2 rings (SSSR count). The topological polar surface area (TPSA) is 49.4 Å². The van der Waals surface area contributed by atoms with Crippen molar-refractivity contribution >= 4 is 40.9 Å². The highest BCUT2D eigenvalue weighted by atomic mass is 35.5. The van der Waals surface area contributed by atoms with Crippen LogP contribution >= 0.6 is 23.4 Å². The predicted octanol–water partition coefficient (Wildman–Crippen LogP) is 3.14. The van der Waals surface area contributed by atoms with Crippen LogP contribution in [0.4, 0.5) is 5.69 Å². The number of likely N-dealkylation sites (N-methyl/N-ethyl adjacent to an activating group) is 1. The number of carbonyl (C=O) groups is 2. The maximum absolute atomic E-state index is 12.0. The molecule has 0 fully saturated rings. The van der Waals surface area contributed by atoms with E-state index < -0.39 is 0 Å². The van der Waals surface area contributed by atoms with Gasteiger partial charge in [0.2, 0.25) is 5.91 Å². The van der Waals surface area contributed by atoms with Crippen LogP contribution in [0.3, 0.4) is 0 Å². The molecule has 0 bridgehead atoms. The van der Waals surface area contributed by atoms with E-state index in [2.05, 4.69) is 5.32 Å². The van der Waals surface area contributed by atoms with Crippen LogP contribution in [0.5, 0.6) is 0 Å². The van der Waals surface area contributed by atoms with Crippen molar-refractivity contribution in [3.63, 3.8) is 0 Å². The molecule has 1 aliphatic heterocycles. The van der Waals surface area contributed by atoms with E-state index in [0.29, 0.717) is 28.7 Å². The molecule has 0 atom stereocenters. The third-order valence-electron chi connectivity index (χ3n) is 2.96. The number of benzene rings is 1. The lowest BCUT2D eigenvalue weighted by atomic mass is 10.3. The molecular weight excluding hydrogens is 296 g/mol. The van der Waals surface area contributed by atoms with Crippen molar-refractivity contribution in [2.45, 2.75) is 18.7 Å². The molecule has 1 aliphatic rings. The third-order valence-corrected chi connectivity index (χ3v) is 4.30. The van der Waals surface area contributed by atoms with Gasteiger partial charge in [-0.15, -0.1) is 0 Å². The smallest absolute Gasteiger partial charge is 0.262 e. The van der Waals surface area contributed by atoms with Crippen LogP contribution in [0.25, 0.3) is 0 Å². The first-order valence-electron chi connectivity index (χ1n) is 6.34. The largest absolute Gasteiger partial charge is 0.340 e. The fraction of sp³-hybridized carbons (Fsp3) is 0.286. The fourth-order valence-electron chi connectivity index (χ4n) is 1.87. The van der Waals surface area contributed by atoms with Gasteiger partial charge in [0, 0.05) is 29.1 Å². The highest BCUT2D eigenvalue weighted by Crippen LogP contribution is 2.39. The molecule has 1 aromatic rings. The van der Waals surface area contributed by atoms with Gasteiger partial charge in [0.25, 0.3) is 5.91 Å². The Kier molecular flexibility index (Phi) is 4.73. The molecular formula is C14H15ClN2O2S. The number of hydrogen-bond acceptors (Lipinski definition) is 3. The summed E-state index contributed by atoms with van der Waals surface area (Å²) in [6.07, 6.45) is 1.39.